The van der Waals surface area contributed by atoms with Crippen LogP contribution in [0.5, 0.6) is 11.5 Å². The molecule has 1 saturated carbocycles. The van der Waals surface area contributed by atoms with Crippen molar-refractivity contribution in [3.63, 3.8) is 0 Å². The van der Waals surface area contributed by atoms with Gasteiger partial charge in [-0.1, -0.05) is 12.5 Å². The van der Waals surface area contributed by atoms with Crippen molar-refractivity contribution in [2.75, 3.05) is 27.8 Å². The second-order valence-corrected chi connectivity index (χ2v) is 7.18. The van der Waals surface area contributed by atoms with Crippen molar-refractivity contribution in [1.82, 2.24) is 10.2 Å². The Morgan fingerprint density at radius 1 is 1.18 bits per heavy atom. The van der Waals surface area contributed by atoms with Gasteiger partial charge in [-0.05, 0) is 37.0 Å². The van der Waals surface area contributed by atoms with E-state index in [0.717, 1.165) is 12.0 Å². The molecule has 2 N–H and O–H groups in total. The second-order valence-electron chi connectivity index (χ2n) is 7.18. The maximum Gasteiger partial charge on any atom is 0.306 e. The zero-order chi connectivity index (χ0) is 20.7. The van der Waals surface area contributed by atoms with E-state index in [1.807, 2.05) is 0 Å². The lowest BCUT2D eigenvalue weighted by Gasteiger charge is -2.25. The number of nitrogens with one attached hydrogen (secondary N) is 1. The summed E-state index contributed by atoms with van der Waals surface area (Å²) in [4.78, 5) is 36.6. The summed E-state index contributed by atoms with van der Waals surface area (Å²) in [5, 5.41) is 12.0. The van der Waals surface area contributed by atoms with Gasteiger partial charge < -0.3 is 24.8 Å². The summed E-state index contributed by atoms with van der Waals surface area (Å²) in [7, 11) is 4.81. The minimum atomic E-state index is -0.828. The number of carboxylic acids is 1. The molecule has 0 spiro atoms. The Morgan fingerprint density at radius 3 is 2.54 bits per heavy atom. The van der Waals surface area contributed by atoms with Crippen LogP contribution in [0.2, 0.25) is 0 Å². The summed E-state index contributed by atoms with van der Waals surface area (Å²) in [6.45, 7) is 0.214. The molecule has 1 fully saturated rings. The number of nitrogens with zero attached hydrogens (tertiary/aromatic N) is 1. The van der Waals surface area contributed by atoms with E-state index in [1.54, 1.807) is 32.3 Å². The molecule has 1 aromatic rings. The van der Waals surface area contributed by atoms with Crippen LogP contribution >= 0.6 is 0 Å². The minimum absolute atomic E-state index is 0.0914. The van der Waals surface area contributed by atoms with Crippen LogP contribution in [0.25, 0.3) is 0 Å². The third-order valence-corrected chi connectivity index (χ3v) is 4.94. The Morgan fingerprint density at radius 2 is 1.89 bits per heavy atom. The Balaban J connectivity index is 1.92. The fraction of sp³-hybridized carbons (Fsp3) is 0.550. The van der Waals surface area contributed by atoms with Crippen molar-refractivity contribution in [3.05, 3.63) is 23.8 Å². The van der Waals surface area contributed by atoms with Gasteiger partial charge in [-0.15, -0.1) is 0 Å². The number of amides is 2. The van der Waals surface area contributed by atoms with Gasteiger partial charge in [-0.25, -0.2) is 0 Å². The molecule has 1 aliphatic rings. The highest BCUT2D eigenvalue weighted by atomic mass is 16.5. The molecule has 0 aromatic heterocycles. The van der Waals surface area contributed by atoms with Gasteiger partial charge in [0.15, 0.2) is 18.1 Å². The summed E-state index contributed by atoms with van der Waals surface area (Å²) >= 11 is 0. The van der Waals surface area contributed by atoms with Crippen LogP contribution in [0.4, 0.5) is 0 Å². The molecular formula is C20H28N2O6. The van der Waals surface area contributed by atoms with E-state index in [1.165, 1.54) is 12.0 Å². The second kappa shape index (κ2) is 9.96. The smallest absolute Gasteiger partial charge is 0.306 e. The van der Waals surface area contributed by atoms with Crippen LogP contribution < -0.4 is 14.8 Å². The van der Waals surface area contributed by atoms with Crippen molar-refractivity contribution in [2.24, 2.45) is 11.8 Å². The van der Waals surface area contributed by atoms with Crippen LogP contribution in [-0.2, 0) is 20.9 Å². The number of carboxylic acid groups (broad SMARTS) is 1. The van der Waals surface area contributed by atoms with E-state index in [-0.39, 0.29) is 24.3 Å². The summed E-state index contributed by atoms with van der Waals surface area (Å²) in [5.41, 5.74) is 0.821. The monoisotopic (exact) mass is 392 g/mol. The van der Waals surface area contributed by atoms with Crippen LogP contribution in [-0.4, -0.2) is 55.6 Å². The number of rotatable bonds is 8. The third kappa shape index (κ3) is 5.87. The molecular weight excluding hydrogens is 364 g/mol. The number of ether oxygens (including phenoxy) is 2. The van der Waals surface area contributed by atoms with E-state index in [0.29, 0.717) is 37.3 Å². The van der Waals surface area contributed by atoms with Crippen molar-refractivity contribution in [3.8, 4) is 11.5 Å². The molecule has 2 atom stereocenters. The topological polar surface area (TPSA) is 105 Å². The van der Waals surface area contributed by atoms with Gasteiger partial charge in [0, 0.05) is 26.6 Å². The van der Waals surface area contributed by atoms with Crippen LogP contribution in [0, 0.1) is 11.8 Å². The predicted molar refractivity (Wildman–Crippen MR) is 102 cm³/mol. The van der Waals surface area contributed by atoms with Crippen molar-refractivity contribution in [2.45, 2.75) is 32.2 Å². The molecule has 8 nitrogen and oxygen atoms in total. The molecule has 2 amide bonds. The average Bonchev–Trinajstić information content (AvgIpc) is 2.70. The number of carbonyl (C=O) groups is 3. The molecule has 28 heavy (non-hydrogen) atoms. The van der Waals surface area contributed by atoms with Gasteiger partial charge in [0.1, 0.15) is 0 Å². The molecule has 0 aliphatic heterocycles. The Hall–Kier alpha value is -2.77. The summed E-state index contributed by atoms with van der Waals surface area (Å²) in [5.74, 6) is -0.897. The van der Waals surface area contributed by atoms with Gasteiger partial charge in [-0.3, -0.25) is 14.4 Å². The molecule has 8 heteroatoms. The number of methoxy groups -OCH3 is 1. The average molecular weight is 392 g/mol. The van der Waals surface area contributed by atoms with Gasteiger partial charge >= 0.3 is 5.97 Å². The quantitative estimate of drug-likeness (QED) is 0.697. The highest BCUT2D eigenvalue weighted by Crippen LogP contribution is 2.30. The SMILES string of the molecule is COc1cc(CNC(=O)C2CCCC(C(=O)O)C2)ccc1OCC(=O)N(C)C. The first-order valence-corrected chi connectivity index (χ1v) is 9.32. The normalized spacial score (nSPS) is 18.8. The molecule has 0 bridgehead atoms. The highest BCUT2D eigenvalue weighted by Gasteiger charge is 2.30. The maximum atomic E-state index is 12.4. The first-order valence-electron chi connectivity index (χ1n) is 9.32. The molecule has 154 valence electrons. The first-order chi connectivity index (χ1) is 13.3. The van der Waals surface area contributed by atoms with E-state index in [2.05, 4.69) is 5.32 Å². The van der Waals surface area contributed by atoms with Gasteiger partial charge in [-0.2, -0.15) is 0 Å². The van der Waals surface area contributed by atoms with E-state index in [9.17, 15) is 14.4 Å². The maximum absolute atomic E-state index is 12.4. The predicted octanol–water partition coefficient (Wildman–Crippen LogP) is 1.67. The lowest BCUT2D eigenvalue weighted by molar-refractivity contribution is -0.144. The number of likely N-dealkylation sites (N-methyl/N-ethyl adjacent to an activating group) is 1. The number of hydrogen-bond acceptors (Lipinski definition) is 5. The lowest BCUT2D eigenvalue weighted by atomic mass is 9.81. The Kier molecular flexibility index (Phi) is 7.66. The molecule has 0 radical (unpaired) electrons. The number of hydrogen-bond donors (Lipinski definition) is 2. The summed E-state index contributed by atoms with van der Waals surface area (Å²) in [6.07, 6.45) is 2.48. The van der Waals surface area contributed by atoms with Gasteiger partial charge in [0.05, 0.1) is 13.0 Å². The standard InChI is InChI=1S/C20H28N2O6/c1-22(2)18(23)12-28-16-8-7-13(9-17(16)27-3)11-21-19(24)14-5-4-6-15(10-14)20(25)26/h7-9,14-15H,4-6,10-12H2,1-3H3,(H,21,24)(H,25,26). The molecule has 2 unspecified atom stereocenters. The van der Waals surface area contributed by atoms with Crippen LogP contribution in [0.3, 0.4) is 0 Å². The largest absolute Gasteiger partial charge is 0.493 e. The number of aliphatic carboxylic acids is 1. The van der Waals surface area contributed by atoms with E-state index in [4.69, 9.17) is 14.6 Å². The summed E-state index contributed by atoms with van der Waals surface area (Å²) < 4.78 is 10.8. The van der Waals surface area contributed by atoms with Crippen molar-refractivity contribution < 1.29 is 29.0 Å². The molecule has 0 heterocycles. The van der Waals surface area contributed by atoms with Crippen LogP contribution in [0.15, 0.2) is 18.2 Å². The fourth-order valence-corrected chi connectivity index (χ4v) is 3.20. The Labute approximate surface area is 164 Å². The van der Waals surface area contributed by atoms with Gasteiger partial charge in [0.2, 0.25) is 5.91 Å². The zero-order valence-corrected chi connectivity index (χ0v) is 16.6. The van der Waals surface area contributed by atoms with Crippen molar-refractivity contribution >= 4 is 17.8 Å². The third-order valence-electron chi connectivity index (χ3n) is 4.94. The first kappa shape index (κ1) is 21.5. The minimum Gasteiger partial charge on any atom is -0.493 e. The fourth-order valence-electron chi connectivity index (χ4n) is 3.20. The van der Waals surface area contributed by atoms with E-state index < -0.39 is 11.9 Å². The van der Waals surface area contributed by atoms with E-state index >= 15 is 0 Å². The molecule has 2 rings (SSSR count). The summed E-state index contributed by atoms with van der Waals surface area (Å²) in [6, 6.07) is 5.24. The lowest BCUT2D eigenvalue weighted by Crippen LogP contribution is -2.35. The van der Waals surface area contributed by atoms with Gasteiger partial charge in [0.25, 0.3) is 5.91 Å². The molecule has 1 aromatic carbocycles. The Bertz CT molecular complexity index is 719. The number of benzene rings is 1. The van der Waals surface area contributed by atoms with Crippen LogP contribution in [0.1, 0.15) is 31.2 Å². The highest BCUT2D eigenvalue weighted by molar-refractivity contribution is 5.80. The molecule has 0 saturated heterocycles. The number of carbonyl (C=O) groups excluding carboxylic acids is 2. The zero-order valence-electron chi connectivity index (χ0n) is 16.6. The van der Waals surface area contributed by atoms with Crippen molar-refractivity contribution in [1.29, 1.82) is 0 Å². The molecule has 1 aliphatic carbocycles.